The van der Waals surface area contributed by atoms with Crippen LogP contribution in [0.5, 0.6) is 0 Å². The van der Waals surface area contributed by atoms with Crippen molar-refractivity contribution in [3.63, 3.8) is 0 Å². The van der Waals surface area contributed by atoms with Crippen molar-refractivity contribution in [2.75, 3.05) is 26.2 Å². The molecule has 140 valence electrons. The van der Waals surface area contributed by atoms with Crippen LogP contribution in [0, 0.1) is 0 Å². The Bertz CT molecular complexity index is 720. The second-order valence-corrected chi connectivity index (χ2v) is 6.46. The highest BCUT2D eigenvalue weighted by molar-refractivity contribution is 5.80. The van der Waals surface area contributed by atoms with Crippen LogP contribution in [0.1, 0.15) is 24.1 Å². The summed E-state index contributed by atoms with van der Waals surface area (Å²) in [7, 11) is 0. The number of carbonyl (C=O) groups is 1. The molecule has 2 aromatic rings. The van der Waals surface area contributed by atoms with E-state index in [9.17, 15) is 18.0 Å². The third kappa shape index (κ3) is 4.24. The first-order chi connectivity index (χ1) is 12.3. The predicted octanol–water partition coefficient (Wildman–Crippen LogP) is 2.81. The first-order valence-corrected chi connectivity index (χ1v) is 8.51. The van der Waals surface area contributed by atoms with Gasteiger partial charge in [-0.25, -0.2) is 0 Å². The highest BCUT2D eigenvalue weighted by Gasteiger charge is 2.30. The number of amides is 1. The van der Waals surface area contributed by atoms with Crippen molar-refractivity contribution >= 4 is 5.91 Å². The number of halogens is 3. The van der Waals surface area contributed by atoms with E-state index >= 15 is 0 Å². The summed E-state index contributed by atoms with van der Waals surface area (Å²) in [6.45, 7) is 4.99. The second kappa shape index (κ2) is 7.49. The number of benzene rings is 1. The minimum Gasteiger partial charge on any atom is -0.338 e. The maximum atomic E-state index is 12.6. The molecule has 1 atom stereocenters. The molecule has 1 aromatic heterocycles. The lowest BCUT2D eigenvalue weighted by molar-refractivity contribution is -0.137. The SMILES string of the molecule is CC(C(=O)N1CCN(Cc2ccc(C(F)(F)F)cc2)CC1)n1cccn1. The van der Waals surface area contributed by atoms with Gasteiger partial charge in [0.1, 0.15) is 6.04 Å². The van der Waals surface area contributed by atoms with Crippen molar-refractivity contribution in [3.8, 4) is 0 Å². The first-order valence-electron chi connectivity index (χ1n) is 8.51. The lowest BCUT2D eigenvalue weighted by Crippen LogP contribution is -2.49. The normalized spacial score (nSPS) is 17.3. The molecule has 5 nitrogen and oxygen atoms in total. The smallest absolute Gasteiger partial charge is 0.338 e. The molecular formula is C18H21F3N4O. The summed E-state index contributed by atoms with van der Waals surface area (Å²) in [5, 5.41) is 4.11. The Balaban J connectivity index is 1.51. The zero-order valence-electron chi connectivity index (χ0n) is 14.5. The van der Waals surface area contributed by atoms with Gasteiger partial charge in [-0.1, -0.05) is 12.1 Å². The van der Waals surface area contributed by atoms with Crippen molar-refractivity contribution in [2.24, 2.45) is 0 Å². The number of hydrogen-bond donors (Lipinski definition) is 0. The van der Waals surface area contributed by atoms with E-state index in [1.807, 2.05) is 11.8 Å². The molecule has 1 amide bonds. The summed E-state index contributed by atoms with van der Waals surface area (Å²) in [5.41, 5.74) is 0.201. The van der Waals surface area contributed by atoms with Crippen LogP contribution in [-0.4, -0.2) is 51.7 Å². The topological polar surface area (TPSA) is 41.4 Å². The molecule has 0 N–H and O–H groups in total. The molecular weight excluding hydrogens is 345 g/mol. The van der Waals surface area contributed by atoms with Gasteiger partial charge in [-0.15, -0.1) is 0 Å². The third-order valence-corrected chi connectivity index (χ3v) is 4.65. The Morgan fingerprint density at radius 2 is 1.81 bits per heavy atom. The van der Waals surface area contributed by atoms with Crippen molar-refractivity contribution in [1.29, 1.82) is 0 Å². The average Bonchev–Trinajstić information content (AvgIpc) is 3.15. The van der Waals surface area contributed by atoms with E-state index in [-0.39, 0.29) is 11.9 Å². The molecule has 1 unspecified atom stereocenters. The summed E-state index contributed by atoms with van der Waals surface area (Å²) in [5.74, 6) is 0.0304. The first kappa shape index (κ1) is 18.4. The van der Waals surface area contributed by atoms with Gasteiger partial charge in [0.15, 0.2) is 0 Å². The Hall–Kier alpha value is -2.35. The van der Waals surface area contributed by atoms with Crippen molar-refractivity contribution < 1.29 is 18.0 Å². The van der Waals surface area contributed by atoms with Crippen LogP contribution >= 0.6 is 0 Å². The van der Waals surface area contributed by atoms with Crippen molar-refractivity contribution in [1.82, 2.24) is 19.6 Å². The van der Waals surface area contributed by atoms with Crippen LogP contribution in [0.3, 0.4) is 0 Å². The van der Waals surface area contributed by atoms with Gasteiger partial charge < -0.3 is 4.90 Å². The van der Waals surface area contributed by atoms with E-state index < -0.39 is 11.7 Å². The highest BCUT2D eigenvalue weighted by Crippen LogP contribution is 2.29. The molecule has 0 aliphatic carbocycles. The van der Waals surface area contributed by atoms with Crippen molar-refractivity contribution in [2.45, 2.75) is 25.7 Å². The number of piperazine rings is 1. The van der Waals surface area contributed by atoms with E-state index in [1.54, 1.807) is 23.1 Å². The van der Waals surface area contributed by atoms with Gasteiger partial charge >= 0.3 is 6.18 Å². The number of aromatic nitrogens is 2. The highest BCUT2D eigenvalue weighted by atomic mass is 19.4. The van der Waals surface area contributed by atoms with Crippen LogP contribution in [0.4, 0.5) is 13.2 Å². The fourth-order valence-corrected chi connectivity index (χ4v) is 3.07. The van der Waals surface area contributed by atoms with E-state index in [4.69, 9.17) is 0 Å². The quantitative estimate of drug-likeness (QED) is 0.836. The summed E-state index contributed by atoms with van der Waals surface area (Å²) in [6.07, 6.45) is -0.898. The van der Waals surface area contributed by atoms with Crippen LogP contribution < -0.4 is 0 Å². The van der Waals surface area contributed by atoms with Gasteiger partial charge in [0.2, 0.25) is 5.91 Å². The zero-order valence-corrected chi connectivity index (χ0v) is 14.5. The number of alkyl halides is 3. The maximum Gasteiger partial charge on any atom is 0.416 e. The lowest BCUT2D eigenvalue weighted by Gasteiger charge is -2.36. The molecule has 0 spiro atoms. The molecule has 3 rings (SSSR count). The summed E-state index contributed by atoms with van der Waals surface area (Å²) in [4.78, 5) is 16.5. The van der Waals surface area contributed by atoms with Crippen LogP contribution in [0.15, 0.2) is 42.7 Å². The monoisotopic (exact) mass is 366 g/mol. The molecule has 0 radical (unpaired) electrons. The summed E-state index contributed by atoms with van der Waals surface area (Å²) < 4.78 is 39.5. The third-order valence-electron chi connectivity index (χ3n) is 4.65. The summed E-state index contributed by atoms with van der Waals surface area (Å²) in [6, 6.07) is 6.69. The van der Waals surface area contributed by atoms with E-state index in [0.29, 0.717) is 32.7 Å². The maximum absolute atomic E-state index is 12.6. The number of hydrogen-bond acceptors (Lipinski definition) is 3. The average molecular weight is 366 g/mol. The van der Waals surface area contributed by atoms with Gasteiger partial charge in [0.25, 0.3) is 0 Å². The van der Waals surface area contributed by atoms with Gasteiger partial charge in [-0.2, -0.15) is 18.3 Å². The van der Waals surface area contributed by atoms with Crippen LogP contribution in [-0.2, 0) is 17.5 Å². The van der Waals surface area contributed by atoms with Gasteiger partial charge in [-0.3, -0.25) is 14.4 Å². The molecule has 1 fully saturated rings. The molecule has 0 bridgehead atoms. The Morgan fingerprint density at radius 1 is 1.15 bits per heavy atom. The fourth-order valence-electron chi connectivity index (χ4n) is 3.07. The minimum atomic E-state index is -4.31. The molecule has 1 aromatic carbocycles. The largest absolute Gasteiger partial charge is 0.416 e. The minimum absolute atomic E-state index is 0.0304. The second-order valence-electron chi connectivity index (χ2n) is 6.46. The molecule has 1 aliphatic rings. The van der Waals surface area contributed by atoms with E-state index in [2.05, 4.69) is 10.00 Å². The van der Waals surface area contributed by atoms with Crippen molar-refractivity contribution in [3.05, 3.63) is 53.9 Å². The number of carbonyl (C=O) groups excluding carboxylic acids is 1. The number of nitrogens with zero attached hydrogens (tertiary/aromatic N) is 4. The molecule has 0 saturated carbocycles. The van der Waals surface area contributed by atoms with E-state index in [0.717, 1.165) is 17.7 Å². The molecule has 1 aliphatic heterocycles. The van der Waals surface area contributed by atoms with Crippen LogP contribution in [0.2, 0.25) is 0 Å². The Morgan fingerprint density at radius 3 is 2.35 bits per heavy atom. The lowest BCUT2D eigenvalue weighted by atomic mass is 10.1. The van der Waals surface area contributed by atoms with E-state index in [1.165, 1.54) is 12.1 Å². The Labute approximate surface area is 150 Å². The molecule has 26 heavy (non-hydrogen) atoms. The van der Waals surface area contributed by atoms with Gasteiger partial charge in [0, 0.05) is 45.1 Å². The molecule has 1 saturated heterocycles. The Kier molecular flexibility index (Phi) is 5.31. The zero-order chi connectivity index (χ0) is 18.7. The molecule has 2 heterocycles. The van der Waals surface area contributed by atoms with Crippen LogP contribution in [0.25, 0.3) is 0 Å². The standard InChI is InChI=1S/C18H21F3N4O/c1-14(25-8-2-7-22-25)17(26)24-11-9-23(10-12-24)13-15-3-5-16(6-4-15)18(19,20)21/h2-8,14H,9-13H2,1H3. The molecule has 8 heteroatoms. The van der Waals surface area contributed by atoms with Gasteiger partial charge in [-0.05, 0) is 30.7 Å². The fraction of sp³-hybridized carbons (Fsp3) is 0.444. The predicted molar refractivity (Wildman–Crippen MR) is 90.2 cm³/mol. The number of rotatable bonds is 4. The van der Waals surface area contributed by atoms with Gasteiger partial charge in [0.05, 0.1) is 5.56 Å². The summed E-state index contributed by atoms with van der Waals surface area (Å²) >= 11 is 0.